The monoisotopic (exact) mass is 689 g/mol. The summed E-state index contributed by atoms with van der Waals surface area (Å²) in [6, 6.07) is 3.68. The van der Waals surface area contributed by atoms with Crippen LogP contribution in [0.25, 0.3) is 11.0 Å². The molecule has 5 atom stereocenters. The third kappa shape index (κ3) is 8.49. The van der Waals surface area contributed by atoms with Crippen LogP contribution in [0.3, 0.4) is 0 Å². The molecule has 0 radical (unpaired) electrons. The van der Waals surface area contributed by atoms with E-state index in [2.05, 4.69) is 20.6 Å². The van der Waals surface area contributed by atoms with Gasteiger partial charge in [0.1, 0.15) is 35.9 Å². The minimum absolute atomic E-state index is 0.0194. The van der Waals surface area contributed by atoms with E-state index in [9.17, 15) is 32.3 Å². The van der Waals surface area contributed by atoms with E-state index in [1.807, 2.05) is 12.2 Å². The zero-order valence-electron chi connectivity index (χ0n) is 28.0. The molecule has 49 heavy (non-hydrogen) atoms. The molecule has 0 spiro atoms. The summed E-state index contributed by atoms with van der Waals surface area (Å²) in [5.74, 6) is -2.71. The molecule has 3 aliphatic rings. The first-order valence-corrected chi connectivity index (χ1v) is 16.4. The summed E-state index contributed by atoms with van der Waals surface area (Å²) in [5.41, 5.74) is -3.26. The summed E-state index contributed by atoms with van der Waals surface area (Å²) >= 11 is 0. The Morgan fingerprint density at radius 3 is 2.47 bits per heavy atom. The van der Waals surface area contributed by atoms with Gasteiger partial charge in [0.15, 0.2) is 5.78 Å². The van der Waals surface area contributed by atoms with Crippen LogP contribution in [0.1, 0.15) is 71.4 Å². The summed E-state index contributed by atoms with van der Waals surface area (Å²) in [4.78, 5) is 63.4. The first kappa shape index (κ1) is 36.0. The molecule has 1 aromatic heterocycles. The number of hydrogen-bond acceptors (Lipinski definition) is 9. The zero-order chi connectivity index (χ0) is 35.6. The number of benzene rings is 1. The maximum absolute atomic E-state index is 14.2. The maximum Gasteiger partial charge on any atom is 0.438 e. The Morgan fingerprint density at radius 2 is 1.80 bits per heavy atom. The van der Waals surface area contributed by atoms with Gasteiger partial charge in [0.25, 0.3) is 0 Å². The van der Waals surface area contributed by atoms with Crippen LogP contribution < -0.4 is 15.4 Å². The minimum atomic E-state index is -4.91. The first-order valence-electron chi connectivity index (χ1n) is 16.4. The van der Waals surface area contributed by atoms with E-state index in [1.54, 1.807) is 26.8 Å². The molecule has 3 amide bonds. The number of nitrogens with one attached hydrogen (secondary N) is 2. The standard InChI is InChI=1S/C34H42F3N5O7/c1-32(2,3)49-31(46)40-24-15-9-7-5-6-8-12-20-17-33(20,26(43)19-47-4)41-28(44)25-16-21(18-42(25)30(24)45)48-29-27(34(35,36)37)38-22-13-10-11-14-23(22)39-29/h8,10-14,20-21,24-25H,5-7,9,15-19H2,1-4H3,(H,40,46)(H,41,44)/b12-8-/t20-,21-,24+,25+,33-/m1/s1. The Labute approximate surface area is 282 Å². The lowest BCUT2D eigenvalue weighted by atomic mass is 10.0. The molecule has 15 heteroatoms. The molecule has 1 saturated heterocycles. The van der Waals surface area contributed by atoms with E-state index in [4.69, 9.17) is 14.2 Å². The molecular formula is C34H42F3N5O7. The number of aromatic nitrogens is 2. The highest BCUT2D eigenvalue weighted by atomic mass is 19.4. The summed E-state index contributed by atoms with van der Waals surface area (Å²) < 4.78 is 58.8. The van der Waals surface area contributed by atoms with Crippen LogP contribution in [-0.2, 0) is 30.0 Å². The highest BCUT2D eigenvalue weighted by Gasteiger charge is 2.60. The largest absolute Gasteiger partial charge is 0.471 e. The van der Waals surface area contributed by atoms with Crippen molar-refractivity contribution in [3.63, 3.8) is 0 Å². The highest BCUT2D eigenvalue weighted by molar-refractivity contribution is 6.00. The average Bonchev–Trinajstić information content (AvgIpc) is 3.54. The van der Waals surface area contributed by atoms with Crippen LogP contribution in [0.2, 0.25) is 0 Å². The van der Waals surface area contributed by atoms with Crippen LogP contribution in [0.15, 0.2) is 36.4 Å². The van der Waals surface area contributed by atoms with Crippen molar-refractivity contribution in [3.8, 4) is 5.88 Å². The fraction of sp³-hybridized carbons (Fsp3) is 0.588. The number of carbonyl (C=O) groups is 4. The second-order valence-corrected chi connectivity index (χ2v) is 13.7. The number of Topliss-reactive ketones (excluding diaryl/α,β-unsaturated/α-hetero) is 1. The number of ether oxygens (including phenoxy) is 3. The predicted octanol–water partition coefficient (Wildman–Crippen LogP) is 4.50. The van der Waals surface area contributed by atoms with Crippen molar-refractivity contribution in [2.24, 2.45) is 5.92 Å². The minimum Gasteiger partial charge on any atom is -0.471 e. The molecule has 12 nitrogen and oxygen atoms in total. The number of amides is 3. The molecule has 5 rings (SSSR count). The molecule has 3 heterocycles. The fourth-order valence-electron chi connectivity index (χ4n) is 6.36. The number of rotatable bonds is 6. The number of carbonyl (C=O) groups excluding carboxylic acids is 4. The number of halogens is 3. The Balaban J connectivity index is 1.49. The lowest BCUT2D eigenvalue weighted by Gasteiger charge is -2.30. The second-order valence-electron chi connectivity index (χ2n) is 13.7. The Kier molecular flexibility index (Phi) is 10.5. The lowest BCUT2D eigenvalue weighted by Crippen LogP contribution is -2.57. The Bertz CT molecular complexity index is 1610. The number of alkyl carbamates (subject to hydrolysis) is 1. The number of methoxy groups -OCH3 is 1. The van der Waals surface area contributed by atoms with Crippen LogP contribution in [0.4, 0.5) is 18.0 Å². The molecular weight excluding hydrogens is 647 g/mol. The van der Waals surface area contributed by atoms with Gasteiger partial charge in [-0.1, -0.05) is 37.1 Å². The number of nitrogens with zero attached hydrogens (tertiary/aromatic N) is 3. The third-order valence-electron chi connectivity index (χ3n) is 8.79. The summed E-state index contributed by atoms with van der Waals surface area (Å²) in [7, 11) is 1.37. The predicted molar refractivity (Wildman–Crippen MR) is 170 cm³/mol. The van der Waals surface area contributed by atoms with Crippen LogP contribution in [0.5, 0.6) is 5.88 Å². The van der Waals surface area contributed by atoms with Gasteiger partial charge in [0.2, 0.25) is 23.4 Å². The number of ketones is 1. The lowest BCUT2D eigenvalue weighted by molar-refractivity contribution is -0.143. The summed E-state index contributed by atoms with van der Waals surface area (Å²) in [5, 5.41) is 5.49. The molecule has 1 aliphatic carbocycles. The van der Waals surface area contributed by atoms with Crippen LogP contribution in [0, 0.1) is 5.92 Å². The molecule has 2 aromatic rings. The Morgan fingerprint density at radius 1 is 1.08 bits per heavy atom. The van der Waals surface area contributed by atoms with Crippen molar-refractivity contribution in [2.75, 3.05) is 20.3 Å². The number of allylic oxidation sites excluding steroid dienone is 1. The number of fused-ring (bicyclic) bond motifs is 3. The van der Waals surface area contributed by atoms with Gasteiger partial charge in [-0.15, -0.1) is 0 Å². The van der Waals surface area contributed by atoms with E-state index in [1.165, 1.54) is 30.2 Å². The van der Waals surface area contributed by atoms with E-state index in [0.717, 1.165) is 19.3 Å². The number of hydrogen-bond donors (Lipinski definition) is 2. The Hall–Kier alpha value is -4.27. The number of alkyl halides is 3. The SMILES string of the molecule is COCC(=O)[C@@]12C[C@H]1/C=C\CCCCC[C@H](NC(=O)OC(C)(C)C)C(=O)N1C[C@H](Oc3nc4ccccc4nc3C(F)(F)F)C[C@H]1C(=O)N2. The van der Waals surface area contributed by atoms with Gasteiger partial charge in [0.05, 0.1) is 17.6 Å². The average molecular weight is 690 g/mol. The van der Waals surface area contributed by atoms with Gasteiger partial charge in [-0.3, -0.25) is 14.4 Å². The van der Waals surface area contributed by atoms with E-state index < -0.39 is 65.0 Å². The van der Waals surface area contributed by atoms with Crippen LogP contribution >= 0.6 is 0 Å². The smallest absolute Gasteiger partial charge is 0.438 e. The normalized spacial score (nSPS) is 27.2. The van der Waals surface area contributed by atoms with E-state index >= 15 is 0 Å². The highest BCUT2D eigenvalue weighted by Crippen LogP contribution is 2.46. The molecule has 2 aliphatic heterocycles. The van der Waals surface area contributed by atoms with Crippen molar-refractivity contribution >= 4 is 34.7 Å². The van der Waals surface area contributed by atoms with Gasteiger partial charge < -0.3 is 29.7 Å². The summed E-state index contributed by atoms with van der Waals surface area (Å²) in [6.45, 7) is 4.50. The third-order valence-corrected chi connectivity index (χ3v) is 8.79. The molecule has 0 unspecified atom stereocenters. The quantitative estimate of drug-likeness (QED) is 0.418. The van der Waals surface area contributed by atoms with Crippen molar-refractivity contribution in [1.82, 2.24) is 25.5 Å². The van der Waals surface area contributed by atoms with Gasteiger partial charge in [-0.2, -0.15) is 13.2 Å². The topological polar surface area (TPSA) is 149 Å². The van der Waals surface area contributed by atoms with Crippen molar-refractivity contribution in [2.45, 2.75) is 101 Å². The molecule has 266 valence electrons. The zero-order valence-corrected chi connectivity index (χ0v) is 28.0. The van der Waals surface area contributed by atoms with Crippen molar-refractivity contribution < 1.29 is 46.6 Å². The second kappa shape index (κ2) is 14.3. The van der Waals surface area contributed by atoms with Gasteiger partial charge in [-0.05, 0) is 58.6 Å². The van der Waals surface area contributed by atoms with Gasteiger partial charge in [-0.25, -0.2) is 14.8 Å². The van der Waals surface area contributed by atoms with Gasteiger partial charge in [0, 0.05) is 19.4 Å². The summed E-state index contributed by atoms with van der Waals surface area (Å²) in [6.07, 6.45) is 0.181. The molecule has 2 N–H and O–H groups in total. The maximum atomic E-state index is 14.2. The van der Waals surface area contributed by atoms with Crippen LogP contribution in [-0.4, -0.2) is 88.1 Å². The van der Waals surface area contributed by atoms with E-state index in [-0.39, 0.29) is 48.7 Å². The number of para-hydroxylation sites is 2. The molecule has 1 saturated carbocycles. The van der Waals surface area contributed by atoms with Gasteiger partial charge >= 0.3 is 12.3 Å². The van der Waals surface area contributed by atoms with E-state index in [0.29, 0.717) is 12.8 Å². The molecule has 0 bridgehead atoms. The van der Waals surface area contributed by atoms with Crippen molar-refractivity contribution in [1.29, 1.82) is 0 Å². The first-order chi connectivity index (χ1) is 23.1. The van der Waals surface area contributed by atoms with Crippen molar-refractivity contribution in [3.05, 3.63) is 42.1 Å². The fourth-order valence-corrected chi connectivity index (χ4v) is 6.36. The molecule has 2 fully saturated rings. The molecule has 1 aromatic carbocycles.